The van der Waals surface area contributed by atoms with Gasteiger partial charge in [0.2, 0.25) is 0 Å². The van der Waals surface area contributed by atoms with Crippen LogP contribution in [0.5, 0.6) is 0 Å². The average molecular weight is 274 g/mol. The van der Waals surface area contributed by atoms with Gasteiger partial charge in [-0.15, -0.1) is 0 Å². The van der Waals surface area contributed by atoms with Crippen LogP contribution in [0.1, 0.15) is 26.7 Å². The summed E-state index contributed by atoms with van der Waals surface area (Å²) in [5.74, 6) is 0.718. The summed E-state index contributed by atoms with van der Waals surface area (Å²) in [6, 6.07) is 0.538. The molecule has 0 spiro atoms. The number of rotatable bonds is 8. The van der Waals surface area contributed by atoms with E-state index in [9.17, 15) is 0 Å². The van der Waals surface area contributed by atoms with Gasteiger partial charge in [-0.3, -0.25) is 4.90 Å². The minimum absolute atomic E-state index is 0.538. The zero-order valence-corrected chi connectivity index (χ0v) is 13.3. The zero-order chi connectivity index (χ0) is 13.4. The number of methoxy groups -OCH3 is 1. The first-order valence-electron chi connectivity index (χ1n) is 7.13. The largest absolute Gasteiger partial charge is 0.383 e. The second-order valence-corrected chi connectivity index (χ2v) is 6.77. The molecule has 0 aromatic rings. The number of ether oxygens (including phenoxy) is 1. The zero-order valence-electron chi connectivity index (χ0n) is 12.4. The van der Waals surface area contributed by atoms with Gasteiger partial charge in [-0.1, -0.05) is 13.8 Å². The molecule has 1 aliphatic rings. The van der Waals surface area contributed by atoms with Crippen LogP contribution < -0.4 is 5.32 Å². The van der Waals surface area contributed by atoms with Gasteiger partial charge in [-0.25, -0.2) is 0 Å². The summed E-state index contributed by atoms with van der Waals surface area (Å²) < 4.78 is 5.38. The highest BCUT2D eigenvalue weighted by atomic mass is 32.2. The maximum atomic E-state index is 5.38. The lowest BCUT2D eigenvalue weighted by Crippen LogP contribution is -2.49. The Labute approximate surface area is 117 Å². The molecule has 1 saturated heterocycles. The molecule has 1 fully saturated rings. The monoisotopic (exact) mass is 274 g/mol. The predicted molar refractivity (Wildman–Crippen MR) is 81.5 cm³/mol. The molecule has 0 bridgehead atoms. The number of hydrogen-bond acceptors (Lipinski definition) is 4. The summed E-state index contributed by atoms with van der Waals surface area (Å²) in [6.07, 6.45) is 4.88. The number of likely N-dealkylation sites (tertiary alicyclic amines) is 1. The molecule has 1 heterocycles. The molecule has 1 aliphatic heterocycles. The third-order valence-electron chi connectivity index (χ3n) is 3.62. The fraction of sp³-hybridized carbons (Fsp3) is 1.00. The van der Waals surface area contributed by atoms with Crippen LogP contribution in [0, 0.1) is 5.92 Å². The lowest BCUT2D eigenvalue weighted by Gasteiger charge is -2.37. The third-order valence-corrected chi connectivity index (χ3v) is 4.76. The van der Waals surface area contributed by atoms with E-state index in [0.717, 1.165) is 30.9 Å². The van der Waals surface area contributed by atoms with Gasteiger partial charge < -0.3 is 10.1 Å². The summed E-state index contributed by atoms with van der Waals surface area (Å²) in [4.78, 5) is 2.60. The fourth-order valence-electron chi connectivity index (χ4n) is 2.50. The van der Waals surface area contributed by atoms with Crippen LogP contribution in [-0.4, -0.2) is 62.3 Å². The van der Waals surface area contributed by atoms with Gasteiger partial charge >= 0.3 is 0 Å². The van der Waals surface area contributed by atoms with E-state index in [1.54, 1.807) is 0 Å². The number of nitrogens with zero attached hydrogens (tertiary/aromatic N) is 1. The first-order valence-corrected chi connectivity index (χ1v) is 8.42. The van der Waals surface area contributed by atoms with E-state index >= 15 is 0 Å². The molecule has 1 atom stereocenters. The van der Waals surface area contributed by atoms with E-state index in [1.807, 2.05) is 18.9 Å². The molecule has 0 aromatic carbocycles. The second kappa shape index (κ2) is 9.18. The van der Waals surface area contributed by atoms with Gasteiger partial charge in [-0.05, 0) is 44.6 Å². The van der Waals surface area contributed by atoms with Crippen LogP contribution in [-0.2, 0) is 4.74 Å². The molecule has 0 saturated carbocycles. The van der Waals surface area contributed by atoms with Gasteiger partial charge in [0.05, 0.1) is 6.61 Å². The van der Waals surface area contributed by atoms with E-state index in [0.29, 0.717) is 6.04 Å². The van der Waals surface area contributed by atoms with Gasteiger partial charge in [0.15, 0.2) is 0 Å². The van der Waals surface area contributed by atoms with Crippen LogP contribution in [0.15, 0.2) is 0 Å². The SMILES string of the molecule is COCC(CNCC(C)C)N1CCC(SC)CC1. The quantitative estimate of drug-likeness (QED) is 0.732. The van der Waals surface area contributed by atoms with E-state index in [1.165, 1.54) is 25.9 Å². The Kier molecular flexibility index (Phi) is 8.31. The summed E-state index contributed by atoms with van der Waals surface area (Å²) in [5.41, 5.74) is 0. The van der Waals surface area contributed by atoms with Crippen molar-refractivity contribution < 1.29 is 4.74 Å². The van der Waals surface area contributed by atoms with Gasteiger partial charge in [0.25, 0.3) is 0 Å². The van der Waals surface area contributed by atoms with Crippen molar-refractivity contribution in [2.75, 3.05) is 46.2 Å². The summed E-state index contributed by atoms with van der Waals surface area (Å²) in [7, 11) is 1.81. The van der Waals surface area contributed by atoms with E-state index in [-0.39, 0.29) is 0 Å². The third kappa shape index (κ3) is 5.91. The Morgan fingerprint density at radius 1 is 1.28 bits per heavy atom. The molecule has 0 amide bonds. The van der Waals surface area contributed by atoms with Crippen molar-refractivity contribution in [3.05, 3.63) is 0 Å². The standard InChI is InChI=1S/C14H30N2OS/c1-12(2)9-15-10-13(11-17-3)16-7-5-14(18-4)6-8-16/h12-15H,5-11H2,1-4H3. The Hall–Kier alpha value is 0.230. The second-order valence-electron chi connectivity index (χ2n) is 5.63. The van der Waals surface area contributed by atoms with Crippen LogP contribution in [0.4, 0.5) is 0 Å². The Morgan fingerprint density at radius 3 is 2.44 bits per heavy atom. The Balaban J connectivity index is 2.32. The number of piperidine rings is 1. The summed E-state index contributed by atoms with van der Waals surface area (Å²) in [5, 5.41) is 4.43. The Morgan fingerprint density at radius 2 is 1.94 bits per heavy atom. The predicted octanol–water partition coefficient (Wildman–Crippen LogP) is 2.07. The van der Waals surface area contributed by atoms with Crippen LogP contribution in [0.2, 0.25) is 0 Å². The molecule has 0 aromatic heterocycles. The minimum atomic E-state index is 0.538. The topological polar surface area (TPSA) is 24.5 Å². The van der Waals surface area contributed by atoms with Crippen molar-refractivity contribution in [1.29, 1.82) is 0 Å². The molecule has 3 nitrogen and oxygen atoms in total. The lowest BCUT2D eigenvalue weighted by molar-refractivity contribution is 0.0773. The summed E-state index contributed by atoms with van der Waals surface area (Å²) >= 11 is 2.02. The fourth-order valence-corrected chi connectivity index (χ4v) is 3.18. The van der Waals surface area contributed by atoms with Crippen molar-refractivity contribution in [3.63, 3.8) is 0 Å². The van der Waals surface area contributed by atoms with Crippen molar-refractivity contribution in [2.45, 2.75) is 38.0 Å². The molecular weight excluding hydrogens is 244 g/mol. The number of nitrogens with one attached hydrogen (secondary N) is 1. The van der Waals surface area contributed by atoms with Gasteiger partial charge in [0, 0.05) is 24.9 Å². The number of thioether (sulfide) groups is 1. The first-order chi connectivity index (χ1) is 8.67. The van der Waals surface area contributed by atoms with E-state index < -0.39 is 0 Å². The highest BCUT2D eigenvalue weighted by Gasteiger charge is 2.24. The summed E-state index contributed by atoms with van der Waals surface area (Å²) in [6.45, 7) is 9.95. The molecule has 1 N–H and O–H groups in total. The molecule has 108 valence electrons. The highest BCUT2D eigenvalue weighted by Crippen LogP contribution is 2.22. The van der Waals surface area contributed by atoms with Gasteiger partial charge in [-0.2, -0.15) is 11.8 Å². The smallest absolute Gasteiger partial charge is 0.0630 e. The minimum Gasteiger partial charge on any atom is -0.383 e. The highest BCUT2D eigenvalue weighted by molar-refractivity contribution is 7.99. The van der Waals surface area contributed by atoms with Crippen molar-refractivity contribution in [3.8, 4) is 0 Å². The van der Waals surface area contributed by atoms with E-state index in [2.05, 4.69) is 30.3 Å². The first kappa shape index (κ1) is 16.3. The maximum absolute atomic E-state index is 5.38. The lowest BCUT2D eigenvalue weighted by atomic mass is 10.1. The van der Waals surface area contributed by atoms with Gasteiger partial charge in [0.1, 0.15) is 0 Å². The molecule has 1 unspecified atom stereocenters. The molecule has 1 rings (SSSR count). The van der Waals surface area contributed by atoms with Crippen molar-refractivity contribution >= 4 is 11.8 Å². The van der Waals surface area contributed by atoms with E-state index in [4.69, 9.17) is 4.74 Å². The average Bonchev–Trinajstić information content (AvgIpc) is 2.37. The Bertz CT molecular complexity index is 206. The molecular formula is C14H30N2OS. The maximum Gasteiger partial charge on any atom is 0.0630 e. The van der Waals surface area contributed by atoms with Crippen LogP contribution >= 0.6 is 11.8 Å². The molecule has 0 aliphatic carbocycles. The van der Waals surface area contributed by atoms with Crippen LogP contribution in [0.25, 0.3) is 0 Å². The molecule has 4 heteroatoms. The normalized spacial score (nSPS) is 20.5. The molecule has 18 heavy (non-hydrogen) atoms. The number of hydrogen-bond donors (Lipinski definition) is 1. The molecule has 0 radical (unpaired) electrons. The van der Waals surface area contributed by atoms with Crippen molar-refractivity contribution in [1.82, 2.24) is 10.2 Å². The van der Waals surface area contributed by atoms with Crippen molar-refractivity contribution in [2.24, 2.45) is 5.92 Å². The van der Waals surface area contributed by atoms with Crippen LogP contribution in [0.3, 0.4) is 0 Å².